The Balaban J connectivity index is 1.78. The number of thiazole rings is 1. The molecule has 0 saturated heterocycles. The van der Waals surface area contributed by atoms with Crippen molar-refractivity contribution in [2.75, 3.05) is 0 Å². The molecule has 0 radical (unpaired) electrons. The fourth-order valence-electron chi connectivity index (χ4n) is 2.66. The predicted octanol–water partition coefficient (Wildman–Crippen LogP) is 3.59. The summed E-state index contributed by atoms with van der Waals surface area (Å²) in [4.78, 5) is 25.6. The third-order valence-electron chi connectivity index (χ3n) is 3.78. The first kappa shape index (κ1) is 14.7. The minimum Gasteiger partial charge on any atom is -0.306 e. The van der Waals surface area contributed by atoms with Crippen molar-refractivity contribution < 1.29 is 4.79 Å². The molecule has 4 aromatic rings. The predicted molar refractivity (Wildman–Crippen MR) is 93.3 cm³/mol. The van der Waals surface area contributed by atoms with Crippen molar-refractivity contribution in [2.45, 2.75) is 13.3 Å². The molecule has 0 amide bonds. The number of carbonyl (C=O) groups is 1. The van der Waals surface area contributed by atoms with Gasteiger partial charge in [0.05, 0.1) is 12.0 Å². The topological polar surface area (TPSA) is 60.2 Å². The molecule has 0 aliphatic heterocycles. The standard InChI is InChI=1S/C18H14N4OS/c1-12-11-24-17(21-12)9-16(23)15-8-14(13-2-4-19-5-3-13)10-22-7-6-20-18(15)22/h2-8,10-11H,9H2,1H3. The highest BCUT2D eigenvalue weighted by atomic mass is 32.1. The van der Waals surface area contributed by atoms with E-state index in [9.17, 15) is 4.79 Å². The molecule has 4 aromatic heterocycles. The number of pyridine rings is 2. The average Bonchev–Trinajstić information content (AvgIpc) is 3.23. The molecule has 0 bridgehead atoms. The fourth-order valence-corrected chi connectivity index (χ4v) is 3.43. The van der Waals surface area contributed by atoms with Crippen LogP contribution in [-0.2, 0) is 6.42 Å². The van der Waals surface area contributed by atoms with E-state index < -0.39 is 0 Å². The van der Waals surface area contributed by atoms with Crippen LogP contribution in [0.1, 0.15) is 21.1 Å². The number of ketones is 1. The molecule has 6 heteroatoms. The average molecular weight is 334 g/mol. The molecule has 4 rings (SSSR count). The van der Waals surface area contributed by atoms with Crippen LogP contribution in [-0.4, -0.2) is 25.1 Å². The third kappa shape index (κ3) is 2.72. The number of aryl methyl sites for hydroxylation is 1. The van der Waals surface area contributed by atoms with Gasteiger partial charge in [-0.1, -0.05) is 0 Å². The number of hydrogen-bond donors (Lipinski definition) is 0. The van der Waals surface area contributed by atoms with Gasteiger partial charge in [0.1, 0.15) is 10.7 Å². The normalized spacial score (nSPS) is 11.0. The van der Waals surface area contributed by atoms with Crippen LogP contribution < -0.4 is 0 Å². The van der Waals surface area contributed by atoms with Gasteiger partial charge in [0.25, 0.3) is 0 Å². The molecule has 0 aromatic carbocycles. The van der Waals surface area contributed by atoms with Gasteiger partial charge in [-0.2, -0.15) is 0 Å². The summed E-state index contributed by atoms with van der Waals surface area (Å²) in [6.45, 7) is 1.93. The first-order chi connectivity index (χ1) is 11.7. The van der Waals surface area contributed by atoms with Crippen molar-refractivity contribution >= 4 is 22.8 Å². The minimum atomic E-state index is 0.0245. The summed E-state index contributed by atoms with van der Waals surface area (Å²) in [5, 5.41) is 2.79. The van der Waals surface area contributed by atoms with E-state index in [-0.39, 0.29) is 5.78 Å². The Kier molecular flexibility index (Phi) is 3.66. The van der Waals surface area contributed by atoms with E-state index in [0.717, 1.165) is 21.8 Å². The number of imidazole rings is 1. The maximum Gasteiger partial charge on any atom is 0.173 e. The Morgan fingerprint density at radius 1 is 1.21 bits per heavy atom. The second kappa shape index (κ2) is 5.98. The van der Waals surface area contributed by atoms with Gasteiger partial charge >= 0.3 is 0 Å². The number of rotatable bonds is 4. The summed E-state index contributed by atoms with van der Waals surface area (Å²) in [7, 11) is 0. The van der Waals surface area contributed by atoms with Gasteiger partial charge in [0, 0.05) is 42.1 Å². The van der Waals surface area contributed by atoms with Gasteiger partial charge in [-0.05, 0) is 36.2 Å². The Morgan fingerprint density at radius 3 is 2.79 bits per heavy atom. The summed E-state index contributed by atoms with van der Waals surface area (Å²) in [5.41, 5.74) is 4.20. The van der Waals surface area contributed by atoms with E-state index in [4.69, 9.17) is 0 Å². The maximum atomic E-state index is 12.8. The number of nitrogens with zero attached hydrogens (tertiary/aromatic N) is 4. The zero-order valence-electron chi connectivity index (χ0n) is 13.0. The van der Waals surface area contributed by atoms with Crippen molar-refractivity contribution in [3.63, 3.8) is 0 Å². The van der Waals surface area contributed by atoms with Crippen LogP contribution in [0.2, 0.25) is 0 Å². The third-order valence-corrected chi connectivity index (χ3v) is 4.75. The smallest absolute Gasteiger partial charge is 0.173 e. The van der Waals surface area contributed by atoms with Crippen molar-refractivity contribution in [3.05, 3.63) is 70.8 Å². The summed E-state index contributed by atoms with van der Waals surface area (Å²) < 4.78 is 1.89. The van der Waals surface area contributed by atoms with Crippen LogP contribution in [0.15, 0.2) is 54.6 Å². The van der Waals surface area contributed by atoms with Gasteiger partial charge in [-0.15, -0.1) is 11.3 Å². The quantitative estimate of drug-likeness (QED) is 0.535. The van der Waals surface area contributed by atoms with E-state index in [0.29, 0.717) is 17.6 Å². The number of hydrogen-bond acceptors (Lipinski definition) is 5. The molecule has 5 nitrogen and oxygen atoms in total. The molecular weight excluding hydrogens is 320 g/mol. The Bertz CT molecular complexity index is 1020. The Labute approximate surface area is 142 Å². The molecule has 0 aliphatic rings. The van der Waals surface area contributed by atoms with Gasteiger partial charge in [0.2, 0.25) is 0 Å². The molecule has 118 valence electrons. The molecule has 0 fully saturated rings. The highest BCUT2D eigenvalue weighted by Crippen LogP contribution is 2.23. The van der Waals surface area contributed by atoms with Crippen LogP contribution in [0, 0.1) is 6.92 Å². The lowest BCUT2D eigenvalue weighted by atomic mass is 10.0. The number of carbonyl (C=O) groups excluding carboxylic acids is 1. The molecular formula is C18H14N4OS. The summed E-state index contributed by atoms with van der Waals surface area (Å²) in [6.07, 6.45) is 9.31. The molecule has 24 heavy (non-hydrogen) atoms. The highest BCUT2D eigenvalue weighted by Gasteiger charge is 2.16. The van der Waals surface area contributed by atoms with Gasteiger partial charge in [-0.25, -0.2) is 9.97 Å². The lowest BCUT2D eigenvalue weighted by Gasteiger charge is -2.07. The SMILES string of the molecule is Cc1csc(CC(=O)c2cc(-c3ccncc3)cn3ccnc23)n1. The molecule has 0 atom stereocenters. The van der Waals surface area contributed by atoms with E-state index in [1.54, 1.807) is 18.6 Å². The zero-order chi connectivity index (χ0) is 16.5. The number of Topliss-reactive ketones (excluding diaryl/α,β-unsaturated/α-hetero) is 1. The first-order valence-corrected chi connectivity index (χ1v) is 8.40. The Hall–Kier alpha value is -2.86. The molecule has 4 heterocycles. The highest BCUT2D eigenvalue weighted by molar-refractivity contribution is 7.09. The van der Waals surface area contributed by atoms with E-state index in [1.807, 2.05) is 47.3 Å². The van der Waals surface area contributed by atoms with E-state index in [1.165, 1.54) is 11.3 Å². The van der Waals surface area contributed by atoms with E-state index >= 15 is 0 Å². The molecule has 0 N–H and O–H groups in total. The van der Waals surface area contributed by atoms with Crippen molar-refractivity contribution in [2.24, 2.45) is 0 Å². The molecule has 0 aliphatic carbocycles. The van der Waals surface area contributed by atoms with Gasteiger partial charge in [0.15, 0.2) is 5.78 Å². The molecule has 0 spiro atoms. The summed E-state index contributed by atoms with van der Waals surface area (Å²) >= 11 is 1.51. The largest absolute Gasteiger partial charge is 0.306 e. The lowest BCUT2D eigenvalue weighted by Crippen LogP contribution is -2.06. The lowest BCUT2D eigenvalue weighted by molar-refractivity contribution is 0.0994. The molecule has 0 unspecified atom stereocenters. The second-order valence-corrected chi connectivity index (χ2v) is 6.46. The van der Waals surface area contributed by atoms with E-state index in [2.05, 4.69) is 15.0 Å². The van der Waals surface area contributed by atoms with Crippen molar-refractivity contribution in [1.82, 2.24) is 19.4 Å². The van der Waals surface area contributed by atoms with Crippen molar-refractivity contribution in [3.8, 4) is 11.1 Å². The van der Waals surface area contributed by atoms with Crippen molar-refractivity contribution in [1.29, 1.82) is 0 Å². The van der Waals surface area contributed by atoms with Gasteiger partial charge < -0.3 is 4.40 Å². The van der Waals surface area contributed by atoms with Crippen LogP contribution in [0.4, 0.5) is 0 Å². The van der Waals surface area contributed by atoms with Crippen LogP contribution in [0.5, 0.6) is 0 Å². The minimum absolute atomic E-state index is 0.0245. The maximum absolute atomic E-state index is 12.8. The Morgan fingerprint density at radius 2 is 2.04 bits per heavy atom. The summed E-state index contributed by atoms with van der Waals surface area (Å²) in [5.74, 6) is 0.0245. The number of aromatic nitrogens is 4. The second-order valence-electron chi connectivity index (χ2n) is 5.52. The molecule has 0 saturated carbocycles. The first-order valence-electron chi connectivity index (χ1n) is 7.52. The zero-order valence-corrected chi connectivity index (χ0v) is 13.8. The summed E-state index contributed by atoms with van der Waals surface area (Å²) in [6, 6.07) is 5.76. The van der Waals surface area contributed by atoms with Crippen LogP contribution >= 0.6 is 11.3 Å². The van der Waals surface area contributed by atoms with Gasteiger partial charge in [-0.3, -0.25) is 9.78 Å². The number of fused-ring (bicyclic) bond motifs is 1. The van der Waals surface area contributed by atoms with Crippen LogP contribution in [0.25, 0.3) is 16.8 Å². The van der Waals surface area contributed by atoms with Crippen LogP contribution in [0.3, 0.4) is 0 Å². The monoisotopic (exact) mass is 334 g/mol. The fraction of sp³-hybridized carbons (Fsp3) is 0.111.